The summed E-state index contributed by atoms with van der Waals surface area (Å²) >= 11 is 0.377. The molecular formula is C22H24F6N4O3S. The first-order valence-corrected chi connectivity index (χ1v) is 11.7. The van der Waals surface area contributed by atoms with Gasteiger partial charge in [-0.05, 0) is 24.6 Å². The maximum atomic E-state index is 13.6. The second-order valence-electron chi connectivity index (χ2n) is 8.37. The Morgan fingerprint density at radius 1 is 1.11 bits per heavy atom. The number of alkyl halides is 6. The van der Waals surface area contributed by atoms with Crippen LogP contribution < -0.4 is 5.32 Å². The molecule has 0 radical (unpaired) electrons. The number of nitrogens with zero attached hydrogens (tertiary/aromatic N) is 3. The summed E-state index contributed by atoms with van der Waals surface area (Å²) < 4.78 is 79.8. The Kier molecular flexibility index (Phi) is 8.30. The fourth-order valence-corrected chi connectivity index (χ4v) is 4.69. The molecule has 2 N–H and O–H groups in total. The van der Waals surface area contributed by atoms with E-state index >= 15 is 0 Å². The summed E-state index contributed by atoms with van der Waals surface area (Å²) in [5.74, 6) is -1.27. The van der Waals surface area contributed by atoms with Crippen LogP contribution in [-0.4, -0.2) is 64.4 Å². The molecule has 3 rings (SSSR count). The molecule has 36 heavy (non-hydrogen) atoms. The highest BCUT2D eigenvalue weighted by atomic mass is 32.1. The monoisotopic (exact) mass is 538 g/mol. The molecule has 1 fully saturated rings. The molecule has 0 spiro atoms. The molecule has 1 aromatic carbocycles. The Balaban J connectivity index is 1.75. The number of β-amino-alcohol motifs (C(OH)–C–C–N with tert-alkyl or cyclic N) is 1. The van der Waals surface area contributed by atoms with E-state index < -0.39 is 46.5 Å². The Morgan fingerprint density at radius 3 is 2.31 bits per heavy atom. The van der Waals surface area contributed by atoms with Gasteiger partial charge < -0.3 is 15.3 Å². The predicted octanol–water partition coefficient (Wildman–Crippen LogP) is 3.87. The number of nitrogens with one attached hydrogen (secondary N) is 1. The second kappa shape index (κ2) is 10.7. The fourth-order valence-electron chi connectivity index (χ4n) is 3.72. The van der Waals surface area contributed by atoms with Gasteiger partial charge in [-0.25, -0.2) is 4.98 Å². The number of thiazole rings is 1. The normalized spacial score (nSPS) is 17.1. The first-order chi connectivity index (χ1) is 16.7. The third kappa shape index (κ3) is 6.73. The molecular weight excluding hydrogens is 514 g/mol. The third-order valence-electron chi connectivity index (χ3n) is 5.71. The molecule has 2 unspecified atom stereocenters. The molecule has 14 heteroatoms. The van der Waals surface area contributed by atoms with Crippen LogP contribution in [0.3, 0.4) is 0 Å². The number of hydrogen-bond acceptors (Lipinski definition) is 6. The van der Waals surface area contributed by atoms with E-state index in [9.17, 15) is 41.0 Å². The van der Waals surface area contributed by atoms with Crippen LogP contribution in [0.1, 0.15) is 57.5 Å². The van der Waals surface area contributed by atoms with Gasteiger partial charge in [0.25, 0.3) is 5.91 Å². The zero-order chi connectivity index (χ0) is 26.8. The van der Waals surface area contributed by atoms with E-state index in [1.165, 1.54) is 19.9 Å². The molecule has 0 bridgehead atoms. The first-order valence-electron chi connectivity index (χ1n) is 10.9. The lowest BCUT2D eigenvalue weighted by atomic mass is 10.0. The number of rotatable bonds is 6. The zero-order valence-corrected chi connectivity index (χ0v) is 20.1. The highest BCUT2D eigenvalue weighted by Gasteiger charge is 2.41. The fraction of sp³-hybridized carbons (Fsp3) is 0.500. The Hall–Kier alpha value is -2.71. The van der Waals surface area contributed by atoms with Crippen LogP contribution in [0.5, 0.6) is 0 Å². The Labute approximate surface area is 206 Å². The summed E-state index contributed by atoms with van der Waals surface area (Å²) in [7, 11) is 0. The van der Waals surface area contributed by atoms with Gasteiger partial charge in [0.05, 0.1) is 11.6 Å². The summed E-state index contributed by atoms with van der Waals surface area (Å²) in [5.41, 5.74) is -2.37. The van der Waals surface area contributed by atoms with Crippen LogP contribution in [0, 0.1) is 0 Å². The predicted molar refractivity (Wildman–Crippen MR) is 118 cm³/mol. The highest BCUT2D eigenvalue weighted by molar-refractivity contribution is 7.13. The molecule has 2 amide bonds. The summed E-state index contributed by atoms with van der Waals surface area (Å²) in [6, 6.07) is 3.08. The van der Waals surface area contributed by atoms with E-state index in [1.54, 1.807) is 9.80 Å². The number of carbonyl (C=O) groups excluding carboxylic acids is 2. The van der Waals surface area contributed by atoms with Gasteiger partial charge in [0, 0.05) is 39.6 Å². The molecule has 1 aliphatic rings. The molecule has 0 saturated carbocycles. The van der Waals surface area contributed by atoms with E-state index in [0.717, 1.165) is 18.2 Å². The maximum Gasteiger partial charge on any atom is 0.435 e. The van der Waals surface area contributed by atoms with Crippen molar-refractivity contribution >= 4 is 23.2 Å². The maximum absolute atomic E-state index is 13.6. The molecule has 1 aromatic heterocycles. The number of benzene rings is 1. The number of carbonyl (C=O) groups is 2. The topological polar surface area (TPSA) is 85.8 Å². The van der Waals surface area contributed by atoms with E-state index in [0.29, 0.717) is 37.5 Å². The van der Waals surface area contributed by atoms with Crippen LogP contribution in [0.25, 0.3) is 0 Å². The molecule has 1 aliphatic heterocycles. The Morgan fingerprint density at radius 2 is 1.75 bits per heavy atom. The minimum absolute atomic E-state index is 0.0434. The standard InChI is InChI=1S/C22H24F6N4O3S/c1-12(14-4-3-5-15(10-14)21(23,24)25)29-19(35)17-18(22(26,27)28)30-20(36-17)16(34)11-31-6-8-32(9-7-31)13(2)33/h3-5,10,12,16,34H,6-9,11H2,1-2H3,(H,29,35). The average molecular weight is 539 g/mol. The third-order valence-corrected chi connectivity index (χ3v) is 6.87. The molecule has 2 heterocycles. The first kappa shape index (κ1) is 27.9. The van der Waals surface area contributed by atoms with Crippen LogP contribution in [0.15, 0.2) is 24.3 Å². The van der Waals surface area contributed by atoms with E-state index in [-0.39, 0.29) is 23.0 Å². The largest absolute Gasteiger partial charge is 0.435 e. The average Bonchev–Trinajstić information content (AvgIpc) is 3.25. The van der Waals surface area contributed by atoms with Gasteiger partial charge in [0.15, 0.2) is 5.69 Å². The van der Waals surface area contributed by atoms with Crippen LogP contribution in [0.4, 0.5) is 26.3 Å². The summed E-state index contributed by atoms with van der Waals surface area (Å²) in [4.78, 5) is 30.2. The van der Waals surface area contributed by atoms with Gasteiger partial charge in [0.1, 0.15) is 16.0 Å². The van der Waals surface area contributed by atoms with Gasteiger partial charge in [-0.3, -0.25) is 14.5 Å². The van der Waals surface area contributed by atoms with E-state index in [1.807, 2.05) is 0 Å². The van der Waals surface area contributed by atoms with Gasteiger partial charge in [-0.2, -0.15) is 26.3 Å². The minimum Gasteiger partial charge on any atom is -0.385 e. The lowest BCUT2D eigenvalue weighted by molar-refractivity contribution is -0.141. The number of piperazine rings is 1. The number of hydrogen-bond donors (Lipinski definition) is 2. The van der Waals surface area contributed by atoms with Crippen molar-refractivity contribution in [1.29, 1.82) is 0 Å². The summed E-state index contributed by atoms with van der Waals surface area (Å²) in [5, 5.41) is 12.5. The van der Waals surface area contributed by atoms with Gasteiger partial charge >= 0.3 is 12.4 Å². The van der Waals surface area contributed by atoms with Crippen molar-refractivity contribution in [1.82, 2.24) is 20.1 Å². The number of halogens is 6. The number of amides is 2. The van der Waals surface area contributed by atoms with Crippen molar-refractivity contribution in [2.75, 3.05) is 32.7 Å². The highest BCUT2D eigenvalue weighted by Crippen LogP contribution is 2.37. The molecule has 198 valence electrons. The molecule has 2 aromatic rings. The van der Waals surface area contributed by atoms with Gasteiger partial charge in [-0.15, -0.1) is 11.3 Å². The van der Waals surface area contributed by atoms with Crippen LogP contribution in [-0.2, 0) is 17.1 Å². The molecule has 0 aliphatic carbocycles. The van der Waals surface area contributed by atoms with Crippen molar-refractivity contribution in [3.8, 4) is 0 Å². The number of aromatic nitrogens is 1. The van der Waals surface area contributed by atoms with Gasteiger partial charge in [-0.1, -0.05) is 12.1 Å². The minimum atomic E-state index is -4.99. The van der Waals surface area contributed by atoms with Crippen LogP contribution >= 0.6 is 11.3 Å². The van der Waals surface area contributed by atoms with E-state index in [2.05, 4.69) is 10.3 Å². The number of aliphatic hydroxyl groups excluding tert-OH is 1. The lowest BCUT2D eigenvalue weighted by Crippen LogP contribution is -2.48. The molecule has 2 atom stereocenters. The molecule has 1 saturated heterocycles. The lowest BCUT2D eigenvalue weighted by Gasteiger charge is -2.34. The summed E-state index contributed by atoms with van der Waals surface area (Å²) in [6.07, 6.45) is -11.0. The molecule has 7 nitrogen and oxygen atoms in total. The van der Waals surface area contributed by atoms with Crippen LogP contribution in [0.2, 0.25) is 0 Å². The quantitative estimate of drug-likeness (QED) is 0.546. The zero-order valence-electron chi connectivity index (χ0n) is 19.3. The number of aliphatic hydroxyl groups is 1. The van der Waals surface area contributed by atoms with Crippen molar-refractivity contribution in [2.45, 2.75) is 38.3 Å². The van der Waals surface area contributed by atoms with Crippen molar-refractivity contribution in [2.24, 2.45) is 0 Å². The SMILES string of the molecule is CC(=O)N1CCN(CC(O)c2nc(C(F)(F)F)c(C(=O)NC(C)c3cccc(C(F)(F)F)c3)s2)CC1. The van der Waals surface area contributed by atoms with Crippen molar-refractivity contribution in [3.63, 3.8) is 0 Å². The van der Waals surface area contributed by atoms with Crippen molar-refractivity contribution in [3.05, 3.63) is 51.0 Å². The van der Waals surface area contributed by atoms with Crippen molar-refractivity contribution < 1.29 is 41.0 Å². The van der Waals surface area contributed by atoms with E-state index in [4.69, 9.17) is 0 Å². The summed E-state index contributed by atoms with van der Waals surface area (Å²) in [6.45, 7) is 4.38. The Bertz CT molecular complexity index is 1100. The smallest absolute Gasteiger partial charge is 0.385 e. The van der Waals surface area contributed by atoms with Gasteiger partial charge in [0.2, 0.25) is 5.91 Å². The second-order valence-corrected chi connectivity index (χ2v) is 9.40.